The molecule has 1 aromatic carbocycles. The number of amides is 1. The van der Waals surface area contributed by atoms with Gasteiger partial charge in [-0.25, -0.2) is 4.99 Å². The zero-order valence-electron chi connectivity index (χ0n) is 14.1. The standard InChI is InChI=1S/C18H17N3O4/c1-23-14-10-16(25-3)15(24-2)9-12(14)8-13-18(22)21-17(20-13)11-4-6-19-7-5-11/h4-10H,1-3H3,(H,20,21,22)/b13-8-. The Hall–Kier alpha value is -3.35. The molecule has 1 aliphatic heterocycles. The lowest BCUT2D eigenvalue weighted by Crippen LogP contribution is -2.24. The SMILES string of the molecule is COc1cc(OC)c(OC)cc1/C=C1\N=C(c2ccncc2)NC1=O. The van der Waals surface area contributed by atoms with Crippen LogP contribution in [0.5, 0.6) is 17.2 Å². The molecule has 7 nitrogen and oxygen atoms in total. The Kier molecular flexibility index (Phi) is 4.65. The average molecular weight is 339 g/mol. The average Bonchev–Trinajstić information content (AvgIpc) is 3.02. The van der Waals surface area contributed by atoms with Crippen LogP contribution in [0.4, 0.5) is 0 Å². The Morgan fingerprint density at radius 3 is 2.24 bits per heavy atom. The molecule has 2 aromatic rings. The molecule has 1 amide bonds. The smallest absolute Gasteiger partial charge is 0.275 e. The van der Waals surface area contributed by atoms with Gasteiger partial charge in [-0.15, -0.1) is 0 Å². The topological polar surface area (TPSA) is 82.0 Å². The van der Waals surface area contributed by atoms with E-state index in [4.69, 9.17) is 14.2 Å². The maximum atomic E-state index is 12.2. The summed E-state index contributed by atoms with van der Waals surface area (Å²) in [5.41, 5.74) is 1.72. The lowest BCUT2D eigenvalue weighted by atomic mass is 10.1. The second-order valence-corrected chi connectivity index (χ2v) is 5.13. The van der Waals surface area contributed by atoms with E-state index in [1.807, 2.05) is 0 Å². The van der Waals surface area contributed by atoms with Crippen molar-refractivity contribution >= 4 is 17.8 Å². The highest BCUT2D eigenvalue weighted by Gasteiger charge is 2.22. The fourth-order valence-corrected chi connectivity index (χ4v) is 2.43. The first-order valence-electron chi connectivity index (χ1n) is 7.48. The van der Waals surface area contributed by atoms with Gasteiger partial charge in [0.2, 0.25) is 0 Å². The van der Waals surface area contributed by atoms with Gasteiger partial charge in [-0.2, -0.15) is 0 Å². The van der Waals surface area contributed by atoms with Crippen molar-refractivity contribution in [3.8, 4) is 17.2 Å². The van der Waals surface area contributed by atoms with Crippen LogP contribution in [0.3, 0.4) is 0 Å². The van der Waals surface area contributed by atoms with Crippen molar-refractivity contribution < 1.29 is 19.0 Å². The molecule has 0 bridgehead atoms. The molecule has 0 unspecified atom stereocenters. The van der Waals surface area contributed by atoms with Gasteiger partial charge in [0, 0.05) is 29.6 Å². The third-order valence-electron chi connectivity index (χ3n) is 3.68. The minimum absolute atomic E-state index is 0.275. The fraction of sp³-hybridized carbons (Fsp3) is 0.167. The van der Waals surface area contributed by atoms with Gasteiger partial charge < -0.3 is 19.5 Å². The van der Waals surface area contributed by atoms with Crippen molar-refractivity contribution in [2.45, 2.75) is 0 Å². The molecule has 0 fully saturated rings. The first-order valence-corrected chi connectivity index (χ1v) is 7.48. The van der Waals surface area contributed by atoms with E-state index < -0.39 is 0 Å². The van der Waals surface area contributed by atoms with E-state index in [1.165, 1.54) is 0 Å². The molecule has 0 atom stereocenters. The van der Waals surface area contributed by atoms with Gasteiger partial charge in [-0.3, -0.25) is 9.78 Å². The van der Waals surface area contributed by atoms with Crippen molar-refractivity contribution in [2.24, 2.45) is 4.99 Å². The van der Waals surface area contributed by atoms with E-state index >= 15 is 0 Å². The largest absolute Gasteiger partial charge is 0.496 e. The molecule has 3 rings (SSSR count). The normalized spacial score (nSPS) is 14.9. The molecule has 0 saturated heterocycles. The highest BCUT2D eigenvalue weighted by molar-refractivity contribution is 6.19. The Morgan fingerprint density at radius 2 is 1.60 bits per heavy atom. The number of carbonyl (C=O) groups is 1. The summed E-state index contributed by atoms with van der Waals surface area (Å²) in [6, 6.07) is 6.99. The highest BCUT2D eigenvalue weighted by atomic mass is 16.5. The summed E-state index contributed by atoms with van der Waals surface area (Å²) in [6.07, 6.45) is 4.93. The minimum atomic E-state index is -0.288. The predicted octanol–water partition coefficient (Wildman–Crippen LogP) is 2.02. The van der Waals surface area contributed by atoms with Crippen LogP contribution in [0.15, 0.2) is 47.3 Å². The van der Waals surface area contributed by atoms with Gasteiger partial charge in [0.15, 0.2) is 11.5 Å². The third-order valence-corrected chi connectivity index (χ3v) is 3.68. The summed E-state index contributed by atoms with van der Waals surface area (Å²) in [6.45, 7) is 0. The van der Waals surface area contributed by atoms with E-state index in [9.17, 15) is 4.79 Å². The van der Waals surface area contributed by atoms with Crippen molar-refractivity contribution in [2.75, 3.05) is 21.3 Å². The molecule has 7 heteroatoms. The van der Waals surface area contributed by atoms with Gasteiger partial charge in [0.25, 0.3) is 5.91 Å². The molecule has 1 N–H and O–H groups in total. The number of benzene rings is 1. The molecule has 0 aliphatic carbocycles. The molecule has 25 heavy (non-hydrogen) atoms. The summed E-state index contributed by atoms with van der Waals surface area (Å²) >= 11 is 0. The summed E-state index contributed by atoms with van der Waals surface area (Å²) in [7, 11) is 4.64. The lowest BCUT2D eigenvalue weighted by Gasteiger charge is -2.12. The van der Waals surface area contributed by atoms with E-state index in [0.717, 1.165) is 5.56 Å². The second-order valence-electron chi connectivity index (χ2n) is 5.13. The predicted molar refractivity (Wildman–Crippen MR) is 93.0 cm³/mol. The quantitative estimate of drug-likeness (QED) is 0.843. The number of rotatable bonds is 5. The van der Waals surface area contributed by atoms with Crippen LogP contribution >= 0.6 is 0 Å². The number of ether oxygens (including phenoxy) is 3. The molecule has 128 valence electrons. The molecule has 1 aromatic heterocycles. The molecule has 0 radical (unpaired) electrons. The van der Waals surface area contributed by atoms with Gasteiger partial charge in [-0.05, 0) is 24.3 Å². The Morgan fingerprint density at radius 1 is 0.960 bits per heavy atom. The van der Waals surface area contributed by atoms with Crippen LogP contribution in [-0.2, 0) is 4.79 Å². The van der Waals surface area contributed by atoms with Crippen LogP contribution in [0.25, 0.3) is 6.08 Å². The maximum absolute atomic E-state index is 12.2. The number of hydrogen-bond donors (Lipinski definition) is 1. The van der Waals surface area contributed by atoms with Gasteiger partial charge >= 0.3 is 0 Å². The van der Waals surface area contributed by atoms with Crippen LogP contribution < -0.4 is 19.5 Å². The third kappa shape index (κ3) is 3.30. The number of nitrogens with zero attached hydrogens (tertiary/aromatic N) is 2. The molecule has 1 aliphatic rings. The number of hydrogen-bond acceptors (Lipinski definition) is 6. The van der Waals surface area contributed by atoms with Crippen LogP contribution in [0, 0.1) is 0 Å². The fourth-order valence-electron chi connectivity index (χ4n) is 2.43. The number of aromatic nitrogens is 1. The Balaban J connectivity index is 2.02. The highest BCUT2D eigenvalue weighted by Crippen LogP contribution is 2.36. The molecular formula is C18H17N3O4. The first kappa shape index (κ1) is 16.5. The van der Waals surface area contributed by atoms with Gasteiger partial charge in [0.05, 0.1) is 21.3 Å². The molecular weight excluding hydrogens is 322 g/mol. The van der Waals surface area contributed by atoms with E-state index in [-0.39, 0.29) is 11.6 Å². The number of pyridine rings is 1. The first-order chi connectivity index (χ1) is 12.2. The van der Waals surface area contributed by atoms with E-state index in [1.54, 1.807) is 64.1 Å². The van der Waals surface area contributed by atoms with E-state index in [0.29, 0.717) is 28.6 Å². The van der Waals surface area contributed by atoms with Gasteiger partial charge in [-0.1, -0.05) is 0 Å². The number of amidine groups is 1. The van der Waals surface area contributed by atoms with Gasteiger partial charge in [0.1, 0.15) is 17.3 Å². The van der Waals surface area contributed by atoms with E-state index in [2.05, 4.69) is 15.3 Å². The van der Waals surface area contributed by atoms with Crippen LogP contribution in [-0.4, -0.2) is 38.1 Å². The number of carbonyl (C=O) groups excluding carboxylic acids is 1. The Bertz CT molecular complexity index is 860. The summed E-state index contributed by atoms with van der Waals surface area (Å²) < 4.78 is 15.9. The molecule has 2 heterocycles. The van der Waals surface area contributed by atoms with Crippen LogP contribution in [0.2, 0.25) is 0 Å². The zero-order valence-corrected chi connectivity index (χ0v) is 14.1. The monoisotopic (exact) mass is 339 g/mol. The summed E-state index contributed by atoms with van der Waals surface area (Å²) in [5, 5.41) is 2.75. The van der Waals surface area contributed by atoms with Crippen molar-refractivity contribution in [3.05, 3.63) is 53.5 Å². The molecule has 0 saturated carbocycles. The minimum Gasteiger partial charge on any atom is -0.496 e. The second kappa shape index (κ2) is 7.04. The number of aliphatic imine (C=N–C) groups is 1. The number of nitrogens with one attached hydrogen (secondary N) is 1. The maximum Gasteiger partial charge on any atom is 0.275 e. The molecule has 0 spiro atoms. The van der Waals surface area contributed by atoms with Crippen molar-refractivity contribution in [3.63, 3.8) is 0 Å². The zero-order chi connectivity index (χ0) is 17.8. The van der Waals surface area contributed by atoms with Crippen molar-refractivity contribution in [1.29, 1.82) is 0 Å². The Labute approximate surface area is 145 Å². The van der Waals surface area contributed by atoms with Crippen molar-refractivity contribution in [1.82, 2.24) is 10.3 Å². The van der Waals surface area contributed by atoms with Crippen LogP contribution in [0.1, 0.15) is 11.1 Å². The number of methoxy groups -OCH3 is 3. The lowest BCUT2D eigenvalue weighted by molar-refractivity contribution is -0.115. The summed E-state index contributed by atoms with van der Waals surface area (Å²) in [4.78, 5) is 20.6. The summed E-state index contributed by atoms with van der Waals surface area (Å²) in [5.74, 6) is 1.82.